The fourth-order valence-corrected chi connectivity index (χ4v) is 4.93. The summed E-state index contributed by atoms with van der Waals surface area (Å²) in [6.07, 6.45) is 0. The van der Waals surface area contributed by atoms with Gasteiger partial charge in [0.15, 0.2) is 0 Å². The van der Waals surface area contributed by atoms with Gasteiger partial charge in [-0.3, -0.25) is 0 Å². The fraction of sp³-hybridized carbons (Fsp3) is 0.115. The highest BCUT2D eigenvalue weighted by molar-refractivity contribution is 7.10. The van der Waals surface area contributed by atoms with Crippen LogP contribution in [0, 0.1) is 6.92 Å². The summed E-state index contributed by atoms with van der Waals surface area (Å²) < 4.78 is 5.52. The highest BCUT2D eigenvalue weighted by Gasteiger charge is 2.20. The van der Waals surface area contributed by atoms with Gasteiger partial charge in [-0.1, -0.05) is 66.2 Å². The summed E-state index contributed by atoms with van der Waals surface area (Å²) in [5, 5.41) is 7.72. The van der Waals surface area contributed by atoms with Crippen LogP contribution in [-0.2, 0) is 6.54 Å². The van der Waals surface area contributed by atoms with Crippen molar-refractivity contribution >= 4 is 33.1 Å². The Kier molecular flexibility index (Phi) is 4.95. The number of nitrogens with two attached hydrogens (primary N) is 1. The maximum absolute atomic E-state index is 12.2. The molecule has 1 atom stereocenters. The van der Waals surface area contributed by atoms with Crippen LogP contribution in [0.1, 0.15) is 27.6 Å². The number of fused-ring (bicyclic) bond motifs is 3. The van der Waals surface area contributed by atoms with Gasteiger partial charge in [0.05, 0.1) is 4.88 Å². The van der Waals surface area contributed by atoms with E-state index in [9.17, 15) is 4.79 Å². The molecule has 3 aromatic carbocycles. The maximum atomic E-state index is 12.2. The van der Waals surface area contributed by atoms with E-state index in [0.717, 1.165) is 21.7 Å². The summed E-state index contributed by atoms with van der Waals surface area (Å²) in [6, 6.07) is 27.0. The molecule has 0 amide bonds. The van der Waals surface area contributed by atoms with Gasteiger partial charge in [0, 0.05) is 22.6 Å². The average Bonchev–Trinajstić information content (AvgIpc) is 3.29. The molecule has 3 nitrogen and oxygen atoms in total. The van der Waals surface area contributed by atoms with Crippen LogP contribution in [0.3, 0.4) is 0 Å². The Labute approximate surface area is 178 Å². The maximum Gasteiger partial charge on any atom is 0.336 e. The molecule has 0 aliphatic rings. The zero-order valence-electron chi connectivity index (χ0n) is 16.7. The SMILES string of the molecule is Cc1ccc([C@H]([NH2+]Cc2cc(=O)oc3ccc4ccccc4c23)c2cccs2)cc1. The van der Waals surface area contributed by atoms with Crippen molar-refractivity contribution in [3.63, 3.8) is 0 Å². The van der Waals surface area contributed by atoms with Crippen molar-refractivity contribution in [2.24, 2.45) is 0 Å². The molecule has 5 aromatic rings. The van der Waals surface area contributed by atoms with E-state index in [4.69, 9.17) is 4.42 Å². The molecule has 0 saturated carbocycles. The second kappa shape index (κ2) is 7.90. The zero-order valence-corrected chi connectivity index (χ0v) is 17.5. The van der Waals surface area contributed by atoms with Crippen molar-refractivity contribution in [3.05, 3.63) is 116 Å². The van der Waals surface area contributed by atoms with E-state index in [2.05, 4.69) is 66.2 Å². The van der Waals surface area contributed by atoms with E-state index < -0.39 is 0 Å². The van der Waals surface area contributed by atoms with Crippen molar-refractivity contribution in [3.8, 4) is 0 Å². The minimum atomic E-state index is -0.302. The Hall–Kier alpha value is -3.21. The third-order valence-corrected chi connectivity index (χ3v) is 6.53. The second-order valence-electron chi connectivity index (χ2n) is 7.59. The normalized spacial score (nSPS) is 12.4. The average molecular weight is 413 g/mol. The second-order valence-corrected chi connectivity index (χ2v) is 8.57. The van der Waals surface area contributed by atoms with Crippen molar-refractivity contribution in [2.45, 2.75) is 19.5 Å². The smallest absolute Gasteiger partial charge is 0.336 e. The van der Waals surface area contributed by atoms with Gasteiger partial charge >= 0.3 is 5.63 Å². The summed E-state index contributed by atoms with van der Waals surface area (Å²) in [5.74, 6) is 0. The van der Waals surface area contributed by atoms with Crippen LogP contribution in [0.25, 0.3) is 21.7 Å². The molecule has 2 N–H and O–H groups in total. The molecule has 4 heteroatoms. The Bertz CT molecular complexity index is 1370. The number of thiophene rings is 1. The summed E-state index contributed by atoms with van der Waals surface area (Å²) in [7, 11) is 0. The molecule has 2 heterocycles. The minimum absolute atomic E-state index is 0.183. The predicted octanol–water partition coefficient (Wildman–Crippen LogP) is 5.17. The number of aryl methyl sites for hydroxylation is 1. The summed E-state index contributed by atoms with van der Waals surface area (Å²) in [4.78, 5) is 13.5. The van der Waals surface area contributed by atoms with E-state index in [-0.39, 0.29) is 11.7 Å². The van der Waals surface area contributed by atoms with Crippen molar-refractivity contribution in [1.29, 1.82) is 0 Å². The largest absolute Gasteiger partial charge is 0.423 e. The Morgan fingerprint density at radius 2 is 1.80 bits per heavy atom. The van der Waals surface area contributed by atoms with Crippen molar-refractivity contribution in [2.75, 3.05) is 0 Å². The van der Waals surface area contributed by atoms with Crippen LogP contribution in [0.5, 0.6) is 0 Å². The number of hydrogen-bond donors (Lipinski definition) is 1. The van der Waals surface area contributed by atoms with Crippen molar-refractivity contribution in [1.82, 2.24) is 0 Å². The lowest BCUT2D eigenvalue weighted by Crippen LogP contribution is -2.83. The molecule has 0 bridgehead atoms. The van der Waals surface area contributed by atoms with Crippen LogP contribution in [-0.4, -0.2) is 0 Å². The first-order valence-electron chi connectivity index (χ1n) is 10.1. The van der Waals surface area contributed by atoms with Gasteiger partial charge in [-0.25, -0.2) is 4.79 Å². The Morgan fingerprint density at radius 3 is 2.60 bits per heavy atom. The van der Waals surface area contributed by atoms with Crippen LogP contribution < -0.4 is 10.9 Å². The Balaban J connectivity index is 1.58. The molecule has 2 aromatic heterocycles. The molecule has 0 saturated heterocycles. The lowest BCUT2D eigenvalue weighted by atomic mass is 10.0. The standard InChI is InChI=1S/C26H21NO2S/c1-17-8-10-19(11-9-17)26(23-7-4-14-30-23)27-16-20-15-24(28)29-22-13-12-18-5-2-3-6-21(18)25(20)22/h2-15,26-27H,16H2,1H3/p+1/t26-/m0/s1. The van der Waals surface area contributed by atoms with Gasteiger partial charge in [0.25, 0.3) is 0 Å². The van der Waals surface area contributed by atoms with E-state index >= 15 is 0 Å². The van der Waals surface area contributed by atoms with E-state index in [1.807, 2.05) is 24.3 Å². The first-order chi connectivity index (χ1) is 14.7. The highest BCUT2D eigenvalue weighted by Crippen LogP contribution is 2.28. The first-order valence-corrected chi connectivity index (χ1v) is 10.9. The molecule has 148 valence electrons. The third-order valence-electron chi connectivity index (χ3n) is 5.57. The van der Waals surface area contributed by atoms with Gasteiger partial charge in [0.2, 0.25) is 0 Å². The van der Waals surface area contributed by atoms with Crippen LogP contribution >= 0.6 is 11.3 Å². The molecule has 0 aliphatic heterocycles. The molecular weight excluding hydrogens is 390 g/mol. The lowest BCUT2D eigenvalue weighted by molar-refractivity contribution is -0.701. The topological polar surface area (TPSA) is 46.8 Å². The summed E-state index contributed by atoms with van der Waals surface area (Å²) >= 11 is 1.76. The molecule has 0 radical (unpaired) electrons. The summed E-state index contributed by atoms with van der Waals surface area (Å²) in [6.45, 7) is 2.79. The van der Waals surface area contributed by atoms with E-state index in [1.54, 1.807) is 17.4 Å². The number of benzene rings is 3. The predicted molar refractivity (Wildman–Crippen MR) is 123 cm³/mol. The number of hydrogen-bond acceptors (Lipinski definition) is 3. The molecule has 5 rings (SSSR count). The molecule has 30 heavy (non-hydrogen) atoms. The molecule has 0 unspecified atom stereocenters. The number of quaternary nitrogens is 1. The molecule has 0 spiro atoms. The third kappa shape index (κ3) is 3.56. The molecule has 0 fully saturated rings. The quantitative estimate of drug-likeness (QED) is 0.320. The van der Waals surface area contributed by atoms with Gasteiger partial charge in [-0.05, 0) is 35.2 Å². The van der Waals surface area contributed by atoms with Crippen LogP contribution in [0.4, 0.5) is 0 Å². The monoisotopic (exact) mass is 412 g/mol. The minimum Gasteiger partial charge on any atom is -0.423 e. The lowest BCUT2D eigenvalue weighted by Gasteiger charge is -2.16. The number of rotatable bonds is 5. The van der Waals surface area contributed by atoms with E-state index in [1.165, 1.54) is 16.0 Å². The van der Waals surface area contributed by atoms with E-state index in [0.29, 0.717) is 12.1 Å². The van der Waals surface area contributed by atoms with Crippen molar-refractivity contribution < 1.29 is 9.73 Å². The van der Waals surface area contributed by atoms with Gasteiger partial charge in [-0.2, -0.15) is 0 Å². The van der Waals surface area contributed by atoms with Crippen LogP contribution in [0.15, 0.2) is 93.5 Å². The molecular formula is C26H22NO2S+. The highest BCUT2D eigenvalue weighted by atomic mass is 32.1. The summed E-state index contributed by atoms with van der Waals surface area (Å²) in [5.41, 5.74) is 3.87. The first kappa shape index (κ1) is 18.8. The fourth-order valence-electron chi connectivity index (χ4n) is 4.08. The van der Waals surface area contributed by atoms with Gasteiger partial charge in [-0.15, -0.1) is 11.3 Å². The van der Waals surface area contributed by atoms with Crippen LogP contribution in [0.2, 0.25) is 0 Å². The zero-order chi connectivity index (χ0) is 20.5. The van der Waals surface area contributed by atoms with Gasteiger partial charge in [0.1, 0.15) is 18.2 Å². The molecule has 0 aliphatic carbocycles. The Morgan fingerprint density at radius 1 is 0.967 bits per heavy atom. The van der Waals surface area contributed by atoms with Gasteiger partial charge < -0.3 is 9.73 Å².